The molecule has 0 heterocycles. The van der Waals surface area contributed by atoms with E-state index in [1.165, 1.54) is 0 Å². The number of hydrogen-bond donors (Lipinski definition) is 2. The first-order valence-corrected chi connectivity index (χ1v) is 7.84. The standard InChI is InChI=1S/C10H20ClNO3S/c1-8(5-11)7-16(14,15)12-6-9-3-2-4-10(9)13/h8-10,12-13H,2-7H2,1H3. The molecule has 4 nitrogen and oxygen atoms in total. The van der Waals surface area contributed by atoms with E-state index in [0.717, 1.165) is 19.3 Å². The van der Waals surface area contributed by atoms with Crippen LogP contribution in [0, 0.1) is 11.8 Å². The van der Waals surface area contributed by atoms with Gasteiger partial charge in [0.05, 0.1) is 11.9 Å². The summed E-state index contributed by atoms with van der Waals surface area (Å²) in [7, 11) is -3.25. The van der Waals surface area contributed by atoms with Crippen molar-refractivity contribution in [3.63, 3.8) is 0 Å². The van der Waals surface area contributed by atoms with E-state index in [0.29, 0.717) is 12.4 Å². The van der Waals surface area contributed by atoms with Crippen molar-refractivity contribution in [3.05, 3.63) is 0 Å². The predicted octanol–water partition coefficient (Wildman–Crippen LogP) is 0.942. The van der Waals surface area contributed by atoms with Gasteiger partial charge >= 0.3 is 0 Å². The molecular formula is C10H20ClNO3S. The fourth-order valence-corrected chi connectivity index (χ4v) is 3.66. The molecule has 2 N–H and O–H groups in total. The Bertz CT molecular complexity index is 307. The fraction of sp³-hybridized carbons (Fsp3) is 1.00. The highest BCUT2D eigenvalue weighted by Crippen LogP contribution is 2.24. The molecule has 0 saturated heterocycles. The quantitative estimate of drug-likeness (QED) is 0.706. The van der Waals surface area contributed by atoms with Crippen LogP contribution in [0.2, 0.25) is 0 Å². The van der Waals surface area contributed by atoms with E-state index in [-0.39, 0.29) is 23.7 Å². The lowest BCUT2D eigenvalue weighted by atomic mass is 10.1. The minimum atomic E-state index is -3.25. The summed E-state index contributed by atoms with van der Waals surface area (Å²) >= 11 is 5.58. The number of aliphatic hydroxyl groups excluding tert-OH is 1. The van der Waals surface area contributed by atoms with Crippen molar-refractivity contribution in [3.8, 4) is 0 Å². The molecule has 1 fully saturated rings. The van der Waals surface area contributed by atoms with Crippen LogP contribution in [0.3, 0.4) is 0 Å². The summed E-state index contributed by atoms with van der Waals surface area (Å²) in [5.41, 5.74) is 0. The Hall–Kier alpha value is 0.160. The summed E-state index contributed by atoms with van der Waals surface area (Å²) in [6.07, 6.45) is 2.30. The number of rotatable bonds is 6. The maximum Gasteiger partial charge on any atom is 0.211 e. The molecule has 0 amide bonds. The Morgan fingerprint density at radius 1 is 1.50 bits per heavy atom. The molecule has 1 saturated carbocycles. The molecule has 3 unspecified atom stereocenters. The van der Waals surface area contributed by atoms with Crippen LogP contribution in [-0.2, 0) is 10.0 Å². The first-order valence-electron chi connectivity index (χ1n) is 5.66. The van der Waals surface area contributed by atoms with Gasteiger partial charge in [-0.15, -0.1) is 11.6 Å². The van der Waals surface area contributed by atoms with Crippen molar-refractivity contribution in [2.24, 2.45) is 11.8 Å². The summed E-state index contributed by atoms with van der Waals surface area (Å²) in [4.78, 5) is 0. The van der Waals surface area contributed by atoms with Gasteiger partial charge in [-0.2, -0.15) is 0 Å². The zero-order valence-electron chi connectivity index (χ0n) is 9.52. The molecule has 0 spiro atoms. The van der Waals surface area contributed by atoms with Crippen molar-refractivity contribution in [2.75, 3.05) is 18.2 Å². The third kappa shape index (κ3) is 4.57. The van der Waals surface area contributed by atoms with Gasteiger partial charge in [0.25, 0.3) is 0 Å². The number of aliphatic hydroxyl groups is 1. The Morgan fingerprint density at radius 3 is 2.69 bits per heavy atom. The Balaban J connectivity index is 2.35. The molecule has 0 aromatic heterocycles. The minimum Gasteiger partial charge on any atom is -0.393 e. The second-order valence-corrected chi connectivity index (χ2v) is 6.81. The molecule has 1 aliphatic rings. The first kappa shape index (κ1) is 14.2. The van der Waals surface area contributed by atoms with Crippen LogP contribution in [0.5, 0.6) is 0 Å². The van der Waals surface area contributed by atoms with Crippen LogP contribution in [0.1, 0.15) is 26.2 Å². The van der Waals surface area contributed by atoms with E-state index in [4.69, 9.17) is 11.6 Å². The lowest BCUT2D eigenvalue weighted by Gasteiger charge is -2.16. The summed E-state index contributed by atoms with van der Waals surface area (Å²) in [5.74, 6) is 0.417. The molecule has 3 atom stereocenters. The monoisotopic (exact) mass is 269 g/mol. The summed E-state index contributed by atoms with van der Waals surface area (Å²) in [6, 6.07) is 0. The van der Waals surface area contributed by atoms with Crippen LogP contribution in [-0.4, -0.2) is 37.8 Å². The Morgan fingerprint density at radius 2 is 2.19 bits per heavy atom. The molecule has 0 bridgehead atoms. The second-order valence-electron chi connectivity index (χ2n) is 4.65. The van der Waals surface area contributed by atoms with Crippen LogP contribution < -0.4 is 4.72 Å². The third-order valence-electron chi connectivity index (χ3n) is 2.95. The van der Waals surface area contributed by atoms with Gasteiger partial charge in [0.15, 0.2) is 0 Å². The molecule has 0 aromatic rings. The molecule has 96 valence electrons. The van der Waals surface area contributed by atoms with Gasteiger partial charge in [-0.1, -0.05) is 13.3 Å². The van der Waals surface area contributed by atoms with Crippen molar-refractivity contribution in [2.45, 2.75) is 32.3 Å². The Kier molecular flexibility index (Phi) is 5.50. The van der Waals surface area contributed by atoms with E-state index >= 15 is 0 Å². The van der Waals surface area contributed by atoms with Crippen LogP contribution in [0.25, 0.3) is 0 Å². The van der Waals surface area contributed by atoms with Gasteiger partial charge in [-0.05, 0) is 24.7 Å². The third-order valence-corrected chi connectivity index (χ3v) is 5.09. The lowest BCUT2D eigenvalue weighted by Crippen LogP contribution is -2.35. The Labute approximate surface area is 102 Å². The lowest BCUT2D eigenvalue weighted by molar-refractivity contribution is 0.134. The van der Waals surface area contributed by atoms with Crippen LogP contribution >= 0.6 is 11.6 Å². The maximum atomic E-state index is 11.6. The summed E-state index contributed by atoms with van der Waals surface area (Å²) in [6.45, 7) is 2.15. The molecule has 6 heteroatoms. The molecule has 0 radical (unpaired) electrons. The fourth-order valence-electron chi connectivity index (χ4n) is 1.97. The minimum absolute atomic E-state index is 0.0485. The normalized spacial score (nSPS) is 28.2. The highest BCUT2D eigenvalue weighted by molar-refractivity contribution is 7.89. The van der Waals surface area contributed by atoms with Gasteiger partial charge < -0.3 is 5.11 Å². The maximum absolute atomic E-state index is 11.6. The number of hydrogen-bond acceptors (Lipinski definition) is 3. The van der Waals surface area contributed by atoms with Gasteiger partial charge in [-0.3, -0.25) is 0 Å². The average Bonchev–Trinajstić information content (AvgIpc) is 2.60. The van der Waals surface area contributed by atoms with Gasteiger partial charge in [0, 0.05) is 12.4 Å². The van der Waals surface area contributed by atoms with E-state index < -0.39 is 10.0 Å². The van der Waals surface area contributed by atoms with Crippen molar-refractivity contribution < 1.29 is 13.5 Å². The van der Waals surface area contributed by atoms with Gasteiger partial charge in [0.1, 0.15) is 0 Å². The number of nitrogens with one attached hydrogen (secondary N) is 1. The highest BCUT2D eigenvalue weighted by Gasteiger charge is 2.26. The highest BCUT2D eigenvalue weighted by atomic mass is 35.5. The van der Waals surface area contributed by atoms with E-state index in [9.17, 15) is 13.5 Å². The van der Waals surface area contributed by atoms with Crippen molar-refractivity contribution >= 4 is 21.6 Å². The first-order chi connectivity index (χ1) is 7.44. The number of halogens is 1. The van der Waals surface area contributed by atoms with Gasteiger partial charge in [-0.25, -0.2) is 13.1 Å². The molecule has 0 aromatic carbocycles. The molecule has 0 aliphatic heterocycles. The SMILES string of the molecule is CC(CCl)CS(=O)(=O)NCC1CCCC1O. The molecule has 1 aliphatic carbocycles. The number of sulfonamides is 1. The van der Waals surface area contributed by atoms with Gasteiger partial charge in [0.2, 0.25) is 10.0 Å². The van der Waals surface area contributed by atoms with Crippen molar-refractivity contribution in [1.82, 2.24) is 4.72 Å². The topological polar surface area (TPSA) is 66.4 Å². The average molecular weight is 270 g/mol. The smallest absolute Gasteiger partial charge is 0.211 e. The molecule has 1 rings (SSSR count). The number of alkyl halides is 1. The van der Waals surface area contributed by atoms with E-state index in [2.05, 4.69) is 4.72 Å². The van der Waals surface area contributed by atoms with E-state index in [1.807, 2.05) is 0 Å². The van der Waals surface area contributed by atoms with Crippen LogP contribution in [0.4, 0.5) is 0 Å². The zero-order chi connectivity index (χ0) is 12.2. The molecular weight excluding hydrogens is 250 g/mol. The summed E-state index contributed by atoms with van der Waals surface area (Å²) < 4.78 is 25.8. The second kappa shape index (κ2) is 6.19. The van der Waals surface area contributed by atoms with Crippen molar-refractivity contribution in [1.29, 1.82) is 0 Å². The molecule has 16 heavy (non-hydrogen) atoms. The zero-order valence-corrected chi connectivity index (χ0v) is 11.1. The predicted molar refractivity (Wildman–Crippen MR) is 65.0 cm³/mol. The summed E-state index contributed by atoms with van der Waals surface area (Å²) in [5, 5.41) is 9.56. The largest absolute Gasteiger partial charge is 0.393 e. The van der Waals surface area contributed by atoms with Crippen LogP contribution in [0.15, 0.2) is 0 Å². The van der Waals surface area contributed by atoms with E-state index in [1.54, 1.807) is 6.92 Å².